The van der Waals surface area contributed by atoms with Crippen molar-refractivity contribution in [3.05, 3.63) is 52.0 Å². The number of esters is 1. The van der Waals surface area contributed by atoms with Crippen molar-refractivity contribution in [1.82, 2.24) is 4.90 Å². The number of hydrogen-bond acceptors (Lipinski definition) is 5. The first-order valence-electron chi connectivity index (χ1n) is 8.33. The fourth-order valence-electron chi connectivity index (χ4n) is 2.84. The van der Waals surface area contributed by atoms with Crippen LogP contribution in [-0.2, 0) is 14.3 Å². The highest BCUT2D eigenvalue weighted by Gasteiger charge is 2.36. The molecule has 10 heteroatoms. The van der Waals surface area contributed by atoms with Crippen LogP contribution in [0.3, 0.4) is 0 Å². The Bertz CT molecular complexity index is 904. The zero-order chi connectivity index (χ0) is 20.3. The van der Waals surface area contributed by atoms with Gasteiger partial charge in [-0.05, 0) is 36.4 Å². The van der Waals surface area contributed by atoms with Crippen LogP contribution in [0.1, 0.15) is 22.5 Å². The Morgan fingerprint density at radius 2 is 1.96 bits per heavy atom. The second kappa shape index (κ2) is 8.42. The summed E-state index contributed by atoms with van der Waals surface area (Å²) in [6.07, 6.45) is 1.01. The topological polar surface area (TPSA) is 75.7 Å². The number of nitrogens with one attached hydrogen (secondary N) is 1. The van der Waals surface area contributed by atoms with Gasteiger partial charge in [-0.2, -0.15) is 0 Å². The quantitative estimate of drug-likeness (QED) is 0.605. The molecule has 28 heavy (non-hydrogen) atoms. The summed E-state index contributed by atoms with van der Waals surface area (Å²) in [5, 5.41) is 3.75. The number of amides is 2. The second-order valence-electron chi connectivity index (χ2n) is 6.01. The average Bonchev–Trinajstić information content (AvgIpc) is 3.38. The Morgan fingerprint density at radius 3 is 2.68 bits per heavy atom. The van der Waals surface area contributed by atoms with Gasteiger partial charge in [0.05, 0.1) is 10.6 Å². The molecule has 1 fully saturated rings. The molecule has 0 aliphatic carbocycles. The molecule has 0 spiro atoms. The molecule has 1 aromatic heterocycles. The van der Waals surface area contributed by atoms with Crippen LogP contribution in [0.15, 0.2) is 29.6 Å². The van der Waals surface area contributed by atoms with E-state index in [9.17, 15) is 27.6 Å². The number of hydrogen-bond donors (Lipinski definition) is 1. The monoisotopic (exact) mass is 412 g/mol. The fourth-order valence-corrected chi connectivity index (χ4v) is 3.52. The van der Waals surface area contributed by atoms with Gasteiger partial charge in [0.1, 0.15) is 6.04 Å². The van der Waals surface area contributed by atoms with E-state index in [0.29, 0.717) is 30.3 Å². The number of halogens is 3. The van der Waals surface area contributed by atoms with Gasteiger partial charge < -0.3 is 15.0 Å². The number of carbonyl (C=O) groups excluding carboxylic acids is 3. The van der Waals surface area contributed by atoms with Crippen LogP contribution in [0.25, 0.3) is 0 Å². The van der Waals surface area contributed by atoms with Crippen LogP contribution in [0.5, 0.6) is 0 Å². The Hall–Kier alpha value is -2.88. The van der Waals surface area contributed by atoms with E-state index < -0.39 is 47.7 Å². The molecular formula is C18H15F3N2O4S. The number of thiophene rings is 1. The van der Waals surface area contributed by atoms with Crippen molar-refractivity contribution < 1.29 is 32.3 Å². The van der Waals surface area contributed by atoms with Crippen molar-refractivity contribution in [2.24, 2.45) is 0 Å². The second-order valence-corrected chi connectivity index (χ2v) is 6.96. The molecule has 2 heterocycles. The van der Waals surface area contributed by atoms with Crippen molar-refractivity contribution in [2.75, 3.05) is 18.5 Å². The lowest BCUT2D eigenvalue weighted by Crippen LogP contribution is -2.41. The summed E-state index contributed by atoms with van der Waals surface area (Å²) in [6, 6.07) is 4.07. The standard InChI is InChI=1S/C18H15F3N2O4S/c19-10-5-6-11(16(21)15(10)20)22-14(24)9-27-18(26)12-3-1-7-23(12)17(25)13-4-2-8-28-13/h2,4-6,8,12H,1,3,7,9H2,(H,22,24)/t12-/m0/s1. The summed E-state index contributed by atoms with van der Waals surface area (Å²) in [7, 11) is 0. The van der Waals surface area contributed by atoms with E-state index in [2.05, 4.69) is 0 Å². The van der Waals surface area contributed by atoms with Crippen LogP contribution in [0.2, 0.25) is 0 Å². The van der Waals surface area contributed by atoms with Crippen LogP contribution >= 0.6 is 11.3 Å². The number of nitrogens with zero attached hydrogens (tertiary/aromatic N) is 1. The molecular weight excluding hydrogens is 397 g/mol. The van der Waals surface area contributed by atoms with Gasteiger partial charge in [-0.15, -0.1) is 11.3 Å². The maximum absolute atomic E-state index is 13.6. The molecule has 1 saturated heterocycles. The first-order chi connectivity index (χ1) is 13.4. The highest BCUT2D eigenvalue weighted by molar-refractivity contribution is 7.12. The maximum atomic E-state index is 13.6. The molecule has 148 valence electrons. The van der Waals surface area contributed by atoms with Crippen molar-refractivity contribution in [3.63, 3.8) is 0 Å². The van der Waals surface area contributed by atoms with Crippen LogP contribution in [0, 0.1) is 17.5 Å². The Labute approximate surface area is 161 Å². The average molecular weight is 412 g/mol. The number of benzene rings is 1. The third kappa shape index (κ3) is 4.16. The van der Waals surface area contributed by atoms with Gasteiger partial charge in [0, 0.05) is 6.54 Å². The lowest BCUT2D eigenvalue weighted by atomic mass is 10.2. The molecule has 0 saturated carbocycles. The Balaban J connectivity index is 1.57. The van der Waals surface area contributed by atoms with Crippen molar-refractivity contribution >= 4 is 34.8 Å². The van der Waals surface area contributed by atoms with Gasteiger partial charge in [-0.25, -0.2) is 18.0 Å². The van der Waals surface area contributed by atoms with E-state index in [-0.39, 0.29) is 5.91 Å². The molecule has 6 nitrogen and oxygen atoms in total. The van der Waals surface area contributed by atoms with Crippen molar-refractivity contribution in [1.29, 1.82) is 0 Å². The van der Waals surface area contributed by atoms with Gasteiger partial charge in [0.2, 0.25) is 0 Å². The minimum Gasteiger partial charge on any atom is -0.454 e. The van der Waals surface area contributed by atoms with E-state index in [0.717, 1.165) is 6.07 Å². The van der Waals surface area contributed by atoms with Crippen LogP contribution < -0.4 is 5.32 Å². The van der Waals surface area contributed by atoms with Crippen LogP contribution in [0.4, 0.5) is 18.9 Å². The molecule has 1 aromatic carbocycles. The molecule has 2 amide bonds. The van der Waals surface area contributed by atoms with Gasteiger partial charge in [0.15, 0.2) is 24.1 Å². The van der Waals surface area contributed by atoms with E-state index in [1.807, 2.05) is 5.32 Å². The molecule has 1 aliphatic heterocycles. The summed E-state index contributed by atoms with van der Waals surface area (Å²) >= 11 is 1.25. The highest BCUT2D eigenvalue weighted by atomic mass is 32.1. The molecule has 2 aromatic rings. The largest absolute Gasteiger partial charge is 0.454 e. The zero-order valence-electron chi connectivity index (χ0n) is 14.4. The minimum atomic E-state index is -1.72. The Kier molecular flexibility index (Phi) is 5.98. The summed E-state index contributed by atoms with van der Waals surface area (Å²) in [5.74, 6) is -6.64. The number of rotatable bonds is 5. The molecule has 0 unspecified atom stereocenters. The molecule has 0 radical (unpaired) electrons. The minimum absolute atomic E-state index is 0.289. The maximum Gasteiger partial charge on any atom is 0.329 e. The van der Waals surface area contributed by atoms with Gasteiger partial charge >= 0.3 is 5.97 Å². The predicted octanol–water partition coefficient (Wildman–Crippen LogP) is 2.95. The molecule has 1 atom stereocenters. The SMILES string of the molecule is O=C(COC(=O)[C@@H]1CCCN1C(=O)c1cccs1)Nc1ccc(F)c(F)c1F. The fraction of sp³-hybridized carbons (Fsp3) is 0.278. The summed E-state index contributed by atoms with van der Waals surface area (Å²) in [6.45, 7) is -0.364. The first-order valence-corrected chi connectivity index (χ1v) is 9.21. The van der Waals surface area contributed by atoms with Gasteiger partial charge in [0.25, 0.3) is 11.8 Å². The number of anilines is 1. The number of ether oxygens (including phenoxy) is 1. The smallest absolute Gasteiger partial charge is 0.329 e. The van der Waals surface area contributed by atoms with Crippen molar-refractivity contribution in [2.45, 2.75) is 18.9 Å². The lowest BCUT2D eigenvalue weighted by molar-refractivity contribution is -0.151. The number of likely N-dealkylation sites (tertiary alicyclic amines) is 1. The van der Waals surface area contributed by atoms with E-state index >= 15 is 0 Å². The first kappa shape index (κ1) is 19.9. The third-order valence-corrected chi connectivity index (χ3v) is 5.03. The predicted molar refractivity (Wildman–Crippen MR) is 94.3 cm³/mol. The molecule has 1 N–H and O–H groups in total. The van der Waals surface area contributed by atoms with Crippen LogP contribution in [-0.4, -0.2) is 41.9 Å². The van der Waals surface area contributed by atoms with Gasteiger partial charge in [-0.3, -0.25) is 9.59 Å². The van der Waals surface area contributed by atoms with E-state index in [1.165, 1.54) is 16.2 Å². The summed E-state index contributed by atoms with van der Waals surface area (Å²) < 4.78 is 44.6. The zero-order valence-corrected chi connectivity index (χ0v) is 15.2. The van der Waals surface area contributed by atoms with E-state index in [4.69, 9.17) is 4.74 Å². The lowest BCUT2D eigenvalue weighted by Gasteiger charge is -2.22. The van der Waals surface area contributed by atoms with E-state index in [1.54, 1.807) is 17.5 Å². The molecule has 3 rings (SSSR count). The van der Waals surface area contributed by atoms with Crippen molar-refractivity contribution in [3.8, 4) is 0 Å². The van der Waals surface area contributed by atoms with Gasteiger partial charge in [-0.1, -0.05) is 6.07 Å². The Morgan fingerprint density at radius 1 is 1.18 bits per heavy atom. The molecule has 1 aliphatic rings. The summed E-state index contributed by atoms with van der Waals surface area (Å²) in [5.41, 5.74) is -0.574. The molecule has 0 bridgehead atoms. The summed E-state index contributed by atoms with van der Waals surface area (Å²) in [4.78, 5) is 38.4. The number of carbonyl (C=O) groups is 3. The normalized spacial score (nSPS) is 16.1. The highest BCUT2D eigenvalue weighted by Crippen LogP contribution is 2.23. The third-order valence-electron chi connectivity index (χ3n) is 4.17.